The van der Waals surface area contributed by atoms with Gasteiger partial charge in [0.05, 0.1) is 17.9 Å². The highest BCUT2D eigenvalue weighted by Gasteiger charge is 2.25. The SMILES string of the molecule is O=C(O)Cc1ccc(N2CCCCS2(=O)=O)cc1. The summed E-state index contributed by atoms with van der Waals surface area (Å²) >= 11 is 0. The first kappa shape index (κ1) is 12.9. The van der Waals surface area contributed by atoms with Crippen LogP contribution in [0.4, 0.5) is 5.69 Å². The molecular formula is C12H15NO4S. The molecule has 98 valence electrons. The Morgan fingerprint density at radius 1 is 1.22 bits per heavy atom. The van der Waals surface area contributed by atoms with Gasteiger partial charge in [0.1, 0.15) is 0 Å². The average Bonchev–Trinajstić information content (AvgIpc) is 2.29. The van der Waals surface area contributed by atoms with Crippen molar-refractivity contribution in [2.75, 3.05) is 16.6 Å². The predicted octanol–water partition coefficient (Wildman–Crippen LogP) is 1.24. The van der Waals surface area contributed by atoms with E-state index in [2.05, 4.69) is 0 Å². The molecule has 1 N–H and O–H groups in total. The topological polar surface area (TPSA) is 74.7 Å². The Morgan fingerprint density at radius 2 is 1.89 bits per heavy atom. The second-order valence-electron chi connectivity index (χ2n) is 4.33. The maximum Gasteiger partial charge on any atom is 0.307 e. The Kier molecular flexibility index (Phi) is 3.56. The van der Waals surface area contributed by atoms with Crippen molar-refractivity contribution >= 4 is 21.7 Å². The van der Waals surface area contributed by atoms with Crippen molar-refractivity contribution in [3.8, 4) is 0 Å². The molecule has 0 saturated carbocycles. The smallest absolute Gasteiger partial charge is 0.307 e. The Balaban J connectivity index is 2.21. The second kappa shape index (κ2) is 4.97. The number of hydrogen-bond donors (Lipinski definition) is 1. The van der Waals surface area contributed by atoms with E-state index in [0.717, 1.165) is 6.42 Å². The summed E-state index contributed by atoms with van der Waals surface area (Å²) in [5.74, 6) is -0.711. The number of sulfonamides is 1. The molecule has 0 bridgehead atoms. The fraction of sp³-hybridized carbons (Fsp3) is 0.417. The van der Waals surface area contributed by atoms with E-state index in [9.17, 15) is 13.2 Å². The average molecular weight is 269 g/mol. The molecule has 2 rings (SSSR count). The molecule has 18 heavy (non-hydrogen) atoms. The van der Waals surface area contributed by atoms with Crippen LogP contribution in [0.25, 0.3) is 0 Å². The van der Waals surface area contributed by atoms with Gasteiger partial charge in [-0.25, -0.2) is 8.42 Å². The molecule has 0 amide bonds. The Labute approximate surface area is 106 Å². The van der Waals surface area contributed by atoms with E-state index in [4.69, 9.17) is 5.11 Å². The summed E-state index contributed by atoms with van der Waals surface area (Å²) < 4.78 is 25.2. The van der Waals surface area contributed by atoms with Crippen LogP contribution in [0.2, 0.25) is 0 Å². The van der Waals surface area contributed by atoms with Crippen molar-refractivity contribution in [3.63, 3.8) is 0 Å². The number of anilines is 1. The lowest BCUT2D eigenvalue weighted by molar-refractivity contribution is -0.136. The maximum atomic E-state index is 11.9. The van der Waals surface area contributed by atoms with Crippen molar-refractivity contribution in [1.29, 1.82) is 0 Å². The van der Waals surface area contributed by atoms with Crippen molar-refractivity contribution in [2.45, 2.75) is 19.3 Å². The number of benzene rings is 1. The van der Waals surface area contributed by atoms with Crippen LogP contribution in [-0.4, -0.2) is 31.8 Å². The molecule has 1 aromatic carbocycles. The number of carbonyl (C=O) groups is 1. The van der Waals surface area contributed by atoms with Gasteiger partial charge in [-0.1, -0.05) is 12.1 Å². The molecule has 5 nitrogen and oxygen atoms in total. The lowest BCUT2D eigenvalue weighted by atomic mass is 10.1. The molecule has 0 spiro atoms. The fourth-order valence-corrected chi connectivity index (χ4v) is 3.67. The zero-order chi connectivity index (χ0) is 13.2. The normalized spacial score (nSPS) is 18.6. The minimum atomic E-state index is -3.20. The standard InChI is InChI=1S/C12H15NO4S/c14-12(15)9-10-3-5-11(6-4-10)13-7-1-2-8-18(13,16)17/h3-6H,1-2,7-9H2,(H,14,15). The first-order chi connectivity index (χ1) is 8.49. The molecule has 1 aliphatic heterocycles. The Morgan fingerprint density at radius 3 is 2.44 bits per heavy atom. The Bertz CT molecular complexity index is 536. The van der Waals surface area contributed by atoms with Gasteiger partial charge in [-0.2, -0.15) is 0 Å². The minimum absolute atomic E-state index is 0.0486. The lowest BCUT2D eigenvalue weighted by Gasteiger charge is -2.28. The fourth-order valence-electron chi connectivity index (χ4n) is 2.03. The second-order valence-corrected chi connectivity index (χ2v) is 6.35. The summed E-state index contributed by atoms with van der Waals surface area (Å²) in [7, 11) is -3.20. The zero-order valence-electron chi connectivity index (χ0n) is 9.87. The van der Waals surface area contributed by atoms with Gasteiger partial charge in [-0.15, -0.1) is 0 Å². The molecule has 1 heterocycles. The Hall–Kier alpha value is -1.56. The van der Waals surface area contributed by atoms with Crippen molar-refractivity contribution in [3.05, 3.63) is 29.8 Å². The van der Waals surface area contributed by atoms with Gasteiger partial charge in [-0.3, -0.25) is 9.10 Å². The number of aliphatic carboxylic acids is 1. The van der Waals surface area contributed by atoms with Crippen molar-refractivity contribution in [1.82, 2.24) is 0 Å². The molecule has 0 aliphatic carbocycles. The molecule has 1 fully saturated rings. The lowest BCUT2D eigenvalue weighted by Crippen LogP contribution is -2.37. The molecular weight excluding hydrogens is 254 g/mol. The molecule has 0 radical (unpaired) electrons. The van der Waals surface area contributed by atoms with Crippen LogP contribution in [0.1, 0.15) is 18.4 Å². The first-order valence-corrected chi connectivity index (χ1v) is 7.41. The summed E-state index contributed by atoms with van der Waals surface area (Å²) in [5.41, 5.74) is 1.28. The monoisotopic (exact) mass is 269 g/mol. The molecule has 1 saturated heterocycles. The molecule has 0 atom stereocenters. The van der Waals surface area contributed by atoms with E-state index < -0.39 is 16.0 Å². The highest BCUT2D eigenvalue weighted by atomic mass is 32.2. The van der Waals surface area contributed by atoms with Gasteiger partial charge in [0.2, 0.25) is 10.0 Å². The molecule has 6 heteroatoms. The highest BCUT2D eigenvalue weighted by Crippen LogP contribution is 2.23. The first-order valence-electron chi connectivity index (χ1n) is 5.80. The summed E-state index contributed by atoms with van der Waals surface area (Å²) in [5, 5.41) is 8.66. The van der Waals surface area contributed by atoms with E-state index in [1.54, 1.807) is 24.3 Å². The van der Waals surface area contributed by atoms with Crippen LogP contribution in [0, 0.1) is 0 Å². The van der Waals surface area contributed by atoms with E-state index in [-0.39, 0.29) is 12.2 Å². The summed E-state index contributed by atoms with van der Waals surface area (Å²) in [4.78, 5) is 10.6. The van der Waals surface area contributed by atoms with Gasteiger partial charge in [0.25, 0.3) is 0 Å². The van der Waals surface area contributed by atoms with Crippen molar-refractivity contribution < 1.29 is 18.3 Å². The molecule has 1 aliphatic rings. The largest absolute Gasteiger partial charge is 0.481 e. The van der Waals surface area contributed by atoms with E-state index in [1.807, 2.05) is 0 Å². The number of rotatable bonds is 3. The van der Waals surface area contributed by atoms with Gasteiger partial charge >= 0.3 is 5.97 Å². The van der Waals surface area contributed by atoms with Crippen LogP contribution in [0.15, 0.2) is 24.3 Å². The summed E-state index contributed by atoms with van der Waals surface area (Å²) in [6.07, 6.45) is 1.51. The van der Waals surface area contributed by atoms with E-state index in [0.29, 0.717) is 24.2 Å². The van der Waals surface area contributed by atoms with E-state index in [1.165, 1.54) is 4.31 Å². The van der Waals surface area contributed by atoms with Crippen molar-refractivity contribution in [2.24, 2.45) is 0 Å². The number of carboxylic acid groups (broad SMARTS) is 1. The molecule has 0 unspecified atom stereocenters. The van der Waals surface area contributed by atoms with Gasteiger partial charge in [0, 0.05) is 6.54 Å². The van der Waals surface area contributed by atoms with Gasteiger partial charge in [-0.05, 0) is 30.5 Å². The number of carboxylic acids is 1. The minimum Gasteiger partial charge on any atom is -0.481 e. The third-order valence-electron chi connectivity index (χ3n) is 2.93. The van der Waals surface area contributed by atoms with Crippen LogP contribution in [-0.2, 0) is 21.2 Å². The zero-order valence-corrected chi connectivity index (χ0v) is 10.7. The summed E-state index contributed by atoms with van der Waals surface area (Å²) in [6, 6.07) is 6.66. The highest BCUT2D eigenvalue weighted by molar-refractivity contribution is 7.92. The molecule has 0 aromatic heterocycles. The quantitative estimate of drug-likeness (QED) is 0.896. The number of hydrogen-bond acceptors (Lipinski definition) is 3. The van der Waals surface area contributed by atoms with Crippen LogP contribution < -0.4 is 4.31 Å². The number of nitrogens with zero attached hydrogens (tertiary/aromatic N) is 1. The molecule has 1 aromatic rings. The van der Waals surface area contributed by atoms with Gasteiger partial charge in [0.15, 0.2) is 0 Å². The van der Waals surface area contributed by atoms with Crippen LogP contribution in [0.5, 0.6) is 0 Å². The van der Waals surface area contributed by atoms with Gasteiger partial charge < -0.3 is 5.11 Å². The van der Waals surface area contributed by atoms with Crippen LogP contribution in [0.3, 0.4) is 0 Å². The van der Waals surface area contributed by atoms with Crippen LogP contribution >= 0.6 is 0 Å². The predicted molar refractivity (Wildman–Crippen MR) is 68.1 cm³/mol. The third kappa shape index (κ3) is 2.81. The maximum absolute atomic E-state index is 11.9. The van der Waals surface area contributed by atoms with E-state index >= 15 is 0 Å². The third-order valence-corrected chi connectivity index (χ3v) is 4.80. The summed E-state index contributed by atoms with van der Waals surface area (Å²) in [6.45, 7) is 0.501.